The Bertz CT molecular complexity index is 518. The van der Waals surface area contributed by atoms with Gasteiger partial charge in [0.2, 0.25) is 5.89 Å². The Balaban J connectivity index is 2.16. The molecule has 0 aliphatic heterocycles. The largest absolute Gasteiger partial charge is 0.408 e. The van der Waals surface area contributed by atoms with Crippen LogP contribution in [0.2, 0.25) is 0 Å². The minimum Gasteiger partial charge on any atom is -0.408 e. The number of anilines is 2. The molecule has 90 valence electrons. The maximum absolute atomic E-state index is 13.3. The molecule has 0 saturated carbocycles. The third-order valence-electron chi connectivity index (χ3n) is 1.97. The summed E-state index contributed by atoms with van der Waals surface area (Å²) in [5.41, 5.74) is -0.0638. The Kier molecular flexibility index (Phi) is 3.53. The number of halogens is 3. The molecule has 0 spiro atoms. The summed E-state index contributed by atoms with van der Waals surface area (Å²) in [6.45, 7) is 0. The first kappa shape index (κ1) is 11.8. The van der Waals surface area contributed by atoms with Gasteiger partial charge in [0.1, 0.15) is 0 Å². The van der Waals surface area contributed by atoms with Crippen molar-refractivity contribution >= 4 is 23.3 Å². The minimum absolute atomic E-state index is 0.00498. The highest BCUT2D eigenvalue weighted by atomic mass is 35.5. The average Bonchev–Trinajstić information content (AvgIpc) is 2.73. The zero-order valence-corrected chi connectivity index (χ0v) is 9.34. The topological polar surface area (TPSA) is 51.0 Å². The van der Waals surface area contributed by atoms with Crippen LogP contribution in [-0.2, 0) is 6.42 Å². The van der Waals surface area contributed by atoms with Gasteiger partial charge in [-0.3, -0.25) is 0 Å². The van der Waals surface area contributed by atoms with E-state index in [-0.39, 0.29) is 11.7 Å². The van der Waals surface area contributed by atoms with E-state index in [0.717, 1.165) is 6.07 Å². The Labute approximate surface area is 101 Å². The fourth-order valence-corrected chi connectivity index (χ4v) is 1.36. The molecule has 17 heavy (non-hydrogen) atoms. The number of rotatable bonds is 4. The Morgan fingerprint density at radius 3 is 2.88 bits per heavy atom. The molecule has 1 N–H and O–H groups in total. The standard InChI is InChI=1S/C10H8ClF2N3O/c11-5-4-8-15-16-10(17-8)14-7-3-1-2-6(12)9(7)13/h1-3H,4-5H2,(H,14,16). The van der Waals surface area contributed by atoms with E-state index in [9.17, 15) is 8.78 Å². The molecule has 0 saturated heterocycles. The maximum atomic E-state index is 13.3. The summed E-state index contributed by atoms with van der Waals surface area (Å²) < 4.78 is 31.3. The lowest BCUT2D eigenvalue weighted by Gasteiger charge is -2.02. The van der Waals surface area contributed by atoms with E-state index < -0.39 is 11.6 Å². The molecule has 1 aromatic carbocycles. The van der Waals surface area contributed by atoms with Crippen molar-refractivity contribution in [2.24, 2.45) is 0 Å². The number of nitrogens with zero attached hydrogens (tertiary/aromatic N) is 2. The molecule has 0 bridgehead atoms. The third kappa shape index (κ3) is 2.71. The quantitative estimate of drug-likeness (QED) is 0.858. The number of nitrogens with one attached hydrogen (secondary N) is 1. The van der Waals surface area contributed by atoms with Gasteiger partial charge in [-0.25, -0.2) is 8.78 Å². The van der Waals surface area contributed by atoms with Crippen molar-refractivity contribution in [2.45, 2.75) is 6.42 Å². The molecular weight excluding hydrogens is 252 g/mol. The van der Waals surface area contributed by atoms with Crippen LogP contribution in [0.3, 0.4) is 0 Å². The summed E-state index contributed by atoms with van der Waals surface area (Å²) in [7, 11) is 0. The second-order valence-corrected chi connectivity index (χ2v) is 3.54. The lowest BCUT2D eigenvalue weighted by atomic mass is 10.3. The summed E-state index contributed by atoms with van der Waals surface area (Å²) in [5, 5.41) is 9.79. The van der Waals surface area contributed by atoms with Crippen molar-refractivity contribution in [3.63, 3.8) is 0 Å². The fraction of sp³-hybridized carbons (Fsp3) is 0.200. The smallest absolute Gasteiger partial charge is 0.320 e. The summed E-state index contributed by atoms with van der Waals surface area (Å²) in [6.07, 6.45) is 0.419. The third-order valence-corrected chi connectivity index (χ3v) is 2.16. The summed E-state index contributed by atoms with van der Waals surface area (Å²) in [4.78, 5) is 0. The second-order valence-electron chi connectivity index (χ2n) is 3.17. The minimum atomic E-state index is -0.996. The average molecular weight is 260 g/mol. The van der Waals surface area contributed by atoms with Gasteiger partial charge in [0, 0.05) is 12.3 Å². The molecule has 0 unspecified atom stereocenters. The van der Waals surface area contributed by atoms with Crippen molar-refractivity contribution in [3.8, 4) is 0 Å². The first-order valence-corrected chi connectivity index (χ1v) is 5.33. The first-order chi connectivity index (χ1) is 8.20. The van der Waals surface area contributed by atoms with Gasteiger partial charge in [0.05, 0.1) is 5.69 Å². The predicted molar refractivity (Wildman–Crippen MR) is 58.4 cm³/mol. The molecule has 7 heteroatoms. The lowest BCUT2D eigenvalue weighted by Crippen LogP contribution is -1.96. The molecule has 1 heterocycles. The molecule has 0 atom stereocenters. The van der Waals surface area contributed by atoms with Crippen LogP contribution >= 0.6 is 11.6 Å². The summed E-state index contributed by atoms with van der Waals surface area (Å²) in [6, 6.07) is 3.75. The first-order valence-electron chi connectivity index (χ1n) is 4.80. The predicted octanol–water partition coefficient (Wildman–Crippen LogP) is 2.87. The van der Waals surface area contributed by atoms with Gasteiger partial charge in [-0.05, 0) is 12.1 Å². The normalized spacial score (nSPS) is 10.5. The van der Waals surface area contributed by atoms with Crippen molar-refractivity contribution in [1.29, 1.82) is 0 Å². The van der Waals surface area contributed by atoms with Crippen LogP contribution in [0.1, 0.15) is 5.89 Å². The molecule has 4 nitrogen and oxygen atoms in total. The van der Waals surface area contributed by atoms with E-state index in [1.165, 1.54) is 12.1 Å². The zero-order chi connectivity index (χ0) is 12.3. The summed E-state index contributed by atoms with van der Waals surface area (Å²) in [5.74, 6) is -1.27. The van der Waals surface area contributed by atoms with E-state index in [2.05, 4.69) is 15.5 Å². The molecule has 1 aromatic heterocycles. The molecular formula is C10H8ClF2N3O. The summed E-state index contributed by atoms with van der Waals surface area (Å²) >= 11 is 5.49. The maximum Gasteiger partial charge on any atom is 0.320 e. The number of benzene rings is 1. The highest BCUT2D eigenvalue weighted by Gasteiger charge is 2.11. The Morgan fingerprint density at radius 2 is 2.12 bits per heavy atom. The van der Waals surface area contributed by atoms with E-state index >= 15 is 0 Å². The molecule has 0 radical (unpaired) electrons. The lowest BCUT2D eigenvalue weighted by molar-refractivity contribution is 0.504. The van der Waals surface area contributed by atoms with Crippen LogP contribution in [0.25, 0.3) is 0 Å². The molecule has 0 aliphatic rings. The zero-order valence-electron chi connectivity index (χ0n) is 8.58. The number of hydrogen-bond donors (Lipinski definition) is 1. The SMILES string of the molecule is Fc1cccc(Nc2nnc(CCCl)o2)c1F. The van der Waals surface area contributed by atoms with Gasteiger partial charge < -0.3 is 9.73 Å². The number of aromatic nitrogens is 2. The number of hydrogen-bond acceptors (Lipinski definition) is 4. The Hall–Kier alpha value is -1.69. The van der Waals surface area contributed by atoms with Crippen LogP contribution in [0, 0.1) is 11.6 Å². The van der Waals surface area contributed by atoms with E-state index in [1.807, 2.05) is 0 Å². The highest BCUT2D eigenvalue weighted by molar-refractivity contribution is 6.17. The molecule has 0 aliphatic carbocycles. The molecule has 0 amide bonds. The van der Waals surface area contributed by atoms with Gasteiger partial charge in [0.25, 0.3) is 0 Å². The monoisotopic (exact) mass is 259 g/mol. The molecule has 0 fully saturated rings. The second kappa shape index (κ2) is 5.09. The van der Waals surface area contributed by atoms with Crippen LogP contribution in [0.4, 0.5) is 20.5 Å². The van der Waals surface area contributed by atoms with Crippen LogP contribution in [-0.4, -0.2) is 16.1 Å². The van der Waals surface area contributed by atoms with Crippen molar-refractivity contribution in [2.75, 3.05) is 11.2 Å². The number of aryl methyl sites for hydroxylation is 1. The Morgan fingerprint density at radius 1 is 1.29 bits per heavy atom. The van der Waals surface area contributed by atoms with Crippen molar-refractivity contribution in [1.82, 2.24) is 10.2 Å². The van der Waals surface area contributed by atoms with E-state index in [1.54, 1.807) is 0 Å². The van der Waals surface area contributed by atoms with Crippen LogP contribution in [0.15, 0.2) is 22.6 Å². The van der Waals surface area contributed by atoms with E-state index in [0.29, 0.717) is 18.2 Å². The molecule has 2 aromatic rings. The van der Waals surface area contributed by atoms with Gasteiger partial charge in [-0.1, -0.05) is 11.2 Å². The van der Waals surface area contributed by atoms with Gasteiger partial charge >= 0.3 is 6.01 Å². The van der Waals surface area contributed by atoms with Gasteiger partial charge in [-0.15, -0.1) is 16.7 Å². The van der Waals surface area contributed by atoms with Crippen LogP contribution in [0.5, 0.6) is 0 Å². The van der Waals surface area contributed by atoms with E-state index in [4.69, 9.17) is 16.0 Å². The highest BCUT2D eigenvalue weighted by Crippen LogP contribution is 2.20. The van der Waals surface area contributed by atoms with Crippen LogP contribution < -0.4 is 5.32 Å². The molecule has 2 rings (SSSR count). The number of alkyl halides is 1. The van der Waals surface area contributed by atoms with Crippen molar-refractivity contribution in [3.05, 3.63) is 35.7 Å². The fourth-order valence-electron chi connectivity index (χ4n) is 1.20. The van der Waals surface area contributed by atoms with Crippen molar-refractivity contribution < 1.29 is 13.2 Å². The van der Waals surface area contributed by atoms with Gasteiger partial charge in [-0.2, -0.15) is 0 Å². The van der Waals surface area contributed by atoms with Gasteiger partial charge in [0.15, 0.2) is 11.6 Å².